The smallest absolute Gasteiger partial charge is 0.391 e. The van der Waals surface area contributed by atoms with Crippen molar-refractivity contribution in [1.82, 2.24) is 10.2 Å². The molecule has 1 amide bonds. The lowest BCUT2D eigenvalue weighted by molar-refractivity contribution is -0.185. The van der Waals surface area contributed by atoms with Crippen molar-refractivity contribution >= 4 is 5.91 Å². The van der Waals surface area contributed by atoms with E-state index in [0.29, 0.717) is 31.1 Å². The molecule has 1 aromatic carbocycles. The van der Waals surface area contributed by atoms with Crippen molar-refractivity contribution in [3.8, 4) is 11.5 Å². The zero-order valence-electron chi connectivity index (χ0n) is 13.1. The predicted octanol–water partition coefficient (Wildman–Crippen LogP) is 2.31. The highest BCUT2D eigenvalue weighted by Gasteiger charge is 2.41. The molecule has 0 saturated carbocycles. The maximum atomic E-state index is 12.6. The van der Waals surface area contributed by atoms with Crippen molar-refractivity contribution < 1.29 is 27.4 Å². The van der Waals surface area contributed by atoms with Gasteiger partial charge in [0.2, 0.25) is 12.7 Å². The van der Waals surface area contributed by atoms with Crippen molar-refractivity contribution in [2.75, 3.05) is 26.4 Å². The quantitative estimate of drug-likeness (QED) is 0.911. The fourth-order valence-corrected chi connectivity index (χ4v) is 2.93. The van der Waals surface area contributed by atoms with Crippen LogP contribution >= 0.6 is 0 Å². The highest BCUT2D eigenvalue weighted by atomic mass is 19.4. The molecule has 1 aromatic rings. The molecular weight excluding hydrogens is 325 g/mol. The summed E-state index contributed by atoms with van der Waals surface area (Å²) in [6, 6.07) is 5.42. The SMILES string of the molecule is O=C(CN1CCC(C(F)(F)F)CC1)NCc1ccc2c(c1)OCO2. The van der Waals surface area contributed by atoms with E-state index in [2.05, 4.69) is 5.32 Å². The Morgan fingerprint density at radius 1 is 1.21 bits per heavy atom. The minimum Gasteiger partial charge on any atom is -0.454 e. The van der Waals surface area contributed by atoms with Gasteiger partial charge in [-0.1, -0.05) is 6.07 Å². The number of benzene rings is 1. The van der Waals surface area contributed by atoms with Crippen LogP contribution in [0.15, 0.2) is 18.2 Å². The molecule has 8 heteroatoms. The van der Waals surface area contributed by atoms with Crippen molar-refractivity contribution in [3.63, 3.8) is 0 Å². The van der Waals surface area contributed by atoms with Crippen molar-refractivity contribution in [2.45, 2.75) is 25.6 Å². The van der Waals surface area contributed by atoms with Gasteiger partial charge < -0.3 is 14.8 Å². The van der Waals surface area contributed by atoms with E-state index >= 15 is 0 Å². The third-order valence-electron chi connectivity index (χ3n) is 4.34. The van der Waals surface area contributed by atoms with Crippen LogP contribution in [-0.2, 0) is 11.3 Å². The van der Waals surface area contributed by atoms with Gasteiger partial charge in [-0.15, -0.1) is 0 Å². The van der Waals surface area contributed by atoms with E-state index in [-0.39, 0.29) is 32.1 Å². The molecule has 0 atom stereocenters. The second-order valence-electron chi connectivity index (χ2n) is 6.06. The van der Waals surface area contributed by atoms with Crippen molar-refractivity contribution in [2.24, 2.45) is 5.92 Å². The summed E-state index contributed by atoms with van der Waals surface area (Å²) in [5.74, 6) is -0.114. The van der Waals surface area contributed by atoms with Gasteiger partial charge >= 0.3 is 6.18 Å². The summed E-state index contributed by atoms with van der Waals surface area (Å²) >= 11 is 0. The van der Waals surface area contributed by atoms with Crippen molar-refractivity contribution in [3.05, 3.63) is 23.8 Å². The molecule has 132 valence electrons. The lowest BCUT2D eigenvalue weighted by atomic mass is 9.96. The van der Waals surface area contributed by atoms with Crippen LogP contribution in [0.25, 0.3) is 0 Å². The Morgan fingerprint density at radius 3 is 2.62 bits per heavy atom. The topological polar surface area (TPSA) is 50.8 Å². The fourth-order valence-electron chi connectivity index (χ4n) is 2.93. The number of ether oxygens (including phenoxy) is 2. The molecule has 0 unspecified atom stereocenters. The van der Waals surface area contributed by atoms with E-state index in [1.54, 1.807) is 17.0 Å². The van der Waals surface area contributed by atoms with Gasteiger partial charge in [0.15, 0.2) is 11.5 Å². The van der Waals surface area contributed by atoms with E-state index in [9.17, 15) is 18.0 Å². The van der Waals surface area contributed by atoms with Crippen LogP contribution in [0.1, 0.15) is 18.4 Å². The van der Waals surface area contributed by atoms with E-state index in [4.69, 9.17) is 9.47 Å². The number of halogens is 3. The number of amides is 1. The first-order valence-electron chi connectivity index (χ1n) is 7.86. The number of fused-ring (bicyclic) bond motifs is 1. The number of likely N-dealkylation sites (tertiary alicyclic amines) is 1. The molecule has 2 aliphatic heterocycles. The molecule has 1 saturated heterocycles. The van der Waals surface area contributed by atoms with Gasteiger partial charge in [0.05, 0.1) is 12.5 Å². The number of hydrogen-bond donors (Lipinski definition) is 1. The highest BCUT2D eigenvalue weighted by Crippen LogP contribution is 2.34. The zero-order valence-corrected chi connectivity index (χ0v) is 13.1. The van der Waals surface area contributed by atoms with Crippen LogP contribution in [0, 0.1) is 5.92 Å². The number of alkyl halides is 3. The second kappa shape index (κ2) is 6.88. The van der Waals surface area contributed by atoms with Gasteiger partial charge in [0.25, 0.3) is 0 Å². The van der Waals surface area contributed by atoms with Crippen LogP contribution in [0.4, 0.5) is 13.2 Å². The second-order valence-corrected chi connectivity index (χ2v) is 6.06. The molecule has 3 rings (SSSR count). The molecule has 0 spiro atoms. The molecule has 24 heavy (non-hydrogen) atoms. The Balaban J connectivity index is 1.42. The molecule has 2 heterocycles. The van der Waals surface area contributed by atoms with Gasteiger partial charge in [-0.2, -0.15) is 13.2 Å². The van der Waals surface area contributed by atoms with Crippen LogP contribution < -0.4 is 14.8 Å². The molecule has 0 aromatic heterocycles. The first-order valence-corrected chi connectivity index (χ1v) is 7.86. The summed E-state index contributed by atoms with van der Waals surface area (Å²) in [6.07, 6.45) is -4.02. The Hall–Kier alpha value is -1.96. The maximum Gasteiger partial charge on any atom is 0.391 e. The first kappa shape index (κ1) is 16.9. The zero-order chi connectivity index (χ0) is 17.2. The van der Waals surface area contributed by atoms with Gasteiger partial charge in [-0.25, -0.2) is 0 Å². The molecule has 0 aliphatic carbocycles. The largest absolute Gasteiger partial charge is 0.454 e. The van der Waals surface area contributed by atoms with Crippen LogP contribution in [0.2, 0.25) is 0 Å². The Morgan fingerprint density at radius 2 is 1.92 bits per heavy atom. The molecule has 0 radical (unpaired) electrons. The summed E-state index contributed by atoms with van der Waals surface area (Å²) < 4.78 is 48.3. The van der Waals surface area contributed by atoms with Gasteiger partial charge in [-0.3, -0.25) is 9.69 Å². The number of carbonyl (C=O) groups excluding carboxylic acids is 1. The molecular formula is C16H19F3N2O3. The normalized spacial score (nSPS) is 18.6. The first-order chi connectivity index (χ1) is 11.4. The maximum absolute atomic E-state index is 12.6. The minimum atomic E-state index is -4.13. The summed E-state index contributed by atoms with van der Waals surface area (Å²) in [7, 11) is 0. The summed E-state index contributed by atoms with van der Waals surface area (Å²) in [5.41, 5.74) is 0.878. The number of rotatable bonds is 4. The molecule has 5 nitrogen and oxygen atoms in total. The summed E-state index contributed by atoms with van der Waals surface area (Å²) in [5, 5.41) is 2.78. The Bertz CT molecular complexity index is 599. The lowest BCUT2D eigenvalue weighted by Gasteiger charge is -2.32. The molecule has 0 bridgehead atoms. The van der Waals surface area contributed by atoms with E-state index in [1.807, 2.05) is 6.07 Å². The average Bonchev–Trinajstić information content (AvgIpc) is 3.00. The van der Waals surface area contributed by atoms with Crippen LogP contribution in [0.5, 0.6) is 11.5 Å². The van der Waals surface area contributed by atoms with Crippen LogP contribution in [-0.4, -0.2) is 43.4 Å². The third kappa shape index (κ3) is 4.11. The molecule has 1 fully saturated rings. The minimum absolute atomic E-state index is 0.0545. The Kier molecular flexibility index (Phi) is 4.84. The van der Waals surface area contributed by atoms with Gasteiger partial charge in [0.1, 0.15) is 0 Å². The summed E-state index contributed by atoms with van der Waals surface area (Å²) in [4.78, 5) is 13.7. The third-order valence-corrected chi connectivity index (χ3v) is 4.34. The summed E-state index contributed by atoms with van der Waals surface area (Å²) in [6.45, 7) is 1.24. The number of nitrogens with zero attached hydrogens (tertiary/aromatic N) is 1. The number of piperidine rings is 1. The number of nitrogens with one attached hydrogen (secondary N) is 1. The lowest BCUT2D eigenvalue weighted by Crippen LogP contribution is -2.43. The predicted molar refractivity (Wildman–Crippen MR) is 79.6 cm³/mol. The van der Waals surface area contributed by atoms with Gasteiger partial charge in [0, 0.05) is 6.54 Å². The molecule has 1 N–H and O–H groups in total. The van der Waals surface area contributed by atoms with E-state index < -0.39 is 12.1 Å². The van der Waals surface area contributed by atoms with Crippen LogP contribution in [0.3, 0.4) is 0 Å². The Labute approximate surface area is 137 Å². The number of hydrogen-bond acceptors (Lipinski definition) is 4. The standard InChI is InChI=1S/C16H19F3N2O3/c17-16(18,19)12-3-5-21(6-4-12)9-15(22)20-8-11-1-2-13-14(7-11)24-10-23-13/h1-2,7,12H,3-6,8-10H2,(H,20,22). The number of carbonyl (C=O) groups is 1. The van der Waals surface area contributed by atoms with E-state index in [1.165, 1.54) is 0 Å². The van der Waals surface area contributed by atoms with Crippen molar-refractivity contribution in [1.29, 1.82) is 0 Å². The average molecular weight is 344 g/mol. The highest BCUT2D eigenvalue weighted by molar-refractivity contribution is 5.78. The molecule has 2 aliphatic rings. The monoisotopic (exact) mass is 344 g/mol. The fraction of sp³-hybridized carbons (Fsp3) is 0.562. The van der Waals surface area contributed by atoms with E-state index in [0.717, 1.165) is 5.56 Å². The van der Waals surface area contributed by atoms with Gasteiger partial charge in [-0.05, 0) is 43.6 Å².